The van der Waals surface area contributed by atoms with Crippen molar-refractivity contribution in [1.82, 2.24) is 9.91 Å². The van der Waals surface area contributed by atoms with Gasteiger partial charge in [0, 0.05) is 32.7 Å². The molecule has 1 saturated heterocycles. The summed E-state index contributed by atoms with van der Waals surface area (Å²) in [5.41, 5.74) is 3.70. The van der Waals surface area contributed by atoms with Crippen molar-refractivity contribution in [2.75, 3.05) is 26.2 Å². The Hall–Kier alpha value is -3.17. The summed E-state index contributed by atoms with van der Waals surface area (Å²) < 4.78 is 0. The molecular weight excluding hydrogens is 366 g/mol. The Labute approximate surface area is 178 Å². The molecule has 0 aliphatic carbocycles. The molecule has 0 unspecified atom stereocenters. The average Bonchev–Trinajstić information content (AvgIpc) is 2.80. The molecule has 1 heterocycles. The van der Waals surface area contributed by atoms with Crippen molar-refractivity contribution in [2.24, 2.45) is 5.10 Å². The summed E-state index contributed by atoms with van der Waals surface area (Å²) in [6.45, 7) is 7.13. The van der Waals surface area contributed by atoms with Gasteiger partial charge < -0.3 is 0 Å². The van der Waals surface area contributed by atoms with E-state index in [-0.39, 0.29) is 0 Å². The van der Waals surface area contributed by atoms with Gasteiger partial charge in [-0.15, -0.1) is 0 Å². The molecule has 4 aromatic rings. The van der Waals surface area contributed by atoms with Crippen molar-refractivity contribution in [3.8, 4) is 0 Å². The molecule has 0 N–H and O–H groups in total. The first-order valence-corrected chi connectivity index (χ1v) is 10.7. The van der Waals surface area contributed by atoms with Gasteiger partial charge in [0.1, 0.15) is 0 Å². The Balaban J connectivity index is 1.25. The summed E-state index contributed by atoms with van der Waals surface area (Å²) in [6.07, 6.45) is 0. The number of piperazine rings is 1. The third-order valence-electron chi connectivity index (χ3n) is 6.08. The predicted molar refractivity (Wildman–Crippen MR) is 127 cm³/mol. The molecule has 0 bridgehead atoms. The highest BCUT2D eigenvalue weighted by atomic mass is 15.5. The zero-order valence-corrected chi connectivity index (χ0v) is 17.5. The summed E-state index contributed by atoms with van der Waals surface area (Å²) in [5.74, 6) is 0. The van der Waals surface area contributed by atoms with Crippen molar-refractivity contribution < 1.29 is 0 Å². The molecule has 5 rings (SSSR count). The molecule has 30 heavy (non-hydrogen) atoms. The second kappa shape index (κ2) is 8.29. The molecule has 1 fully saturated rings. The minimum atomic E-state index is 0.968. The van der Waals surface area contributed by atoms with Crippen LogP contribution in [0.2, 0.25) is 0 Å². The first-order valence-electron chi connectivity index (χ1n) is 10.7. The zero-order valence-electron chi connectivity index (χ0n) is 17.5. The maximum absolute atomic E-state index is 4.93. The van der Waals surface area contributed by atoms with E-state index in [0.29, 0.717) is 0 Å². The van der Waals surface area contributed by atoms with Gasteiger partial charge in [-0.2, -0.15) is 5.10 Å². The lowest BCUT2D eigenvalue weighted by molar-refractivity contribution is 0.131. The van der Waals surface area contributed by atoms with E-state index in [1.165, 1.54) is 32.7 Å². The SMILES string of the molecule is C/C(=N\N1CCN(Cc2cccc3ccccc23)CC1)c1ccc2ccccc2c1. The smallest absolute Gasteiger partial charge is 0.0646 e. The predicted octanol–water partition coefficient (Wildman–Crippen LogP) is 5.53. The van der Waals surface area contributed by atoms with Crippen molar-refractivity contribution in [1.29, 1.82) is 0 Å². The fourth-order valence-electron chi connectivity index (χ4n) is 4.35. The molecule has 1 aliphatic rings. The van der Waals surface area contributed by atoms with Crippen molar-refractivity contribution in [2.45, 2.75) is 13.5 Å². The number of rotatable bonds is 4. The molecule has 0 aromatic heterocycles. The van der Waals surface area contributed by atoms with E-state index in [9.17, 15) is 0 Å². The van der Waals surface area contributed by atoms with Crippen LogP contribution in [0.5, 0.6) is 0 Å². The molecule has 0 saturated carbocycles. The minimum absolute atomic E-state index is 0.968. The summed E-state index contributed by atoms with van der Waals surface area (Å²) in [6, 6.07) is 30.4. The van der Waals surface area contributed by atoms with E-state index < -0.39 is 0 Å². The van der Waals surface area contributed by atoms with Crippen LogP contribution in [0.4, 0.5) is 0 Å². The molecule has 4 aromatic carbocycles. The van der Waals surface area contributed by atoms with E-state index in [2.05, 4.69) is 102 Å². The number of benzene rings is 4. The Bertz CT molecular complexity index is 1200. The number of hydrogen-bond donors (Lipinski definition) is 0. The highest BCUT2D eigenvalue weighted by molar-refractivity contribution is 6.01. The van der Waals surface area contributed by atoms with Gasteiger partial charge in [0.05, 0.1) is 5.71 Å². The third kappa shape index (κ3) is 3.94. The van der Waals surface area contributed by atoms with Gasteiger partial charge in [-0.25, -0.2) is 0 Å². The quantitative estimate of drug-likeness (QED) is 0.424. The van der Waals surface area contributed by atoms with Crippen LogP contribution in [-0.4, -0.2) is 41.8 Å². The molecule has 150 valence electrons. The maximum atomic E-state index is 4.93. The molecule has 0 spiro atoms. The van der Waals surface area contributed by atoms with Gasteiger partial charge in [0.25, 0.3) is 0 Å². The molecule has 0 amide bonds. The standard InChI is InChI=1S/C27H27N3/c1-21(24-14-13-22-7-2-3-9-25(22)19-24)28-30-17-15-29(16-18-30)20-26-11-6-10-23-8-4-5-12-27(23)26/h2-14,19H,15-18,20H2,1H3/b28-21+. The molecule has 1 aliphatic heterocycles. The topological polar surface area (TPSA) is 18.8 Å². The van der Waals surface area contributed by atoms with Gasteiger partial charge in [-0.1, -0.05) is 78.9 Å². The third-order valence-corrected chi connectivity index (χ3v) is 6.08. The monoisotopic (exact) mass is 393 g/mol. The van der Waals surface area contributed by atoms with Crippen molar-refractivity contribution >= 4 is 27.3 Å². The summed E-state index contributed by atoms with van der Waals surface area (Å²) in [5, 5.41) is 12.4. The highest BCUT2D eigenvalue weighted by Crippen LogP contribution is 2.21. The second-order valence-corrected chi connectivity index (χ2v) is 8.12. The lowest BCUT2D eigenvalue weighted by Gasteiger charge is -2.33. The van der Waals surface area contributed by atoms with Crippen LogP contribution >= 0.6 is 0 Å². The fraction of sp³-hybridized carbons (Fsp3) is 0.222. The van der Waals surface area contributed by atoms with Crippen LogP contribution in [0.15, 0.2) is 90.0 Å². The number of fused-ring (bicyclic) bond motifs is 2. The van der Waals surface area contributed by atoms with Crippen LogP contribution in [-0.2, 0) is 6.54 Å². The highest BCUT2D eigenvalue weighted by Gasteiger charge is 2.17. The Morgan fingerprint density at radius 3 is 2.27 bits per heavy atom. The number of hydrazone groups is 1. The normalized spacial score (nSPS) is 15.8. The van der Waals surface area contributed by atoms with Crippen LogP contribution in [0, 0.1) is 0 Å². The Kier molecular flexibility index (Phi) is 5.20. The summed E-state index contributed by atoms with van der Waals surface area (Å²) >= 11 is 0. The van der Waals surface area contributed by atoms with E-state index in [4.69, 9.17) is 5.10 Å². The van der Waals surface area contributed by atoms with E-state index >= 15 is 0 Å². The fourth-order valence-corrected chi connectivity index (χ4v) is 4.35. The first-order chi connectivity index (χ1) is 14.8. The van der Waals surface area contributed by atoms with Gasteiger partial charge in [0.2, 0.25) is 0 Å². The van der Waals surface area contributed by atoms with Crippen LogP contribution in [0.3, 0.4) is 0 Å². The minimum Gasteiger partial charge on any atom is -0.295 e. The van der Waals surface area contributed by atoms with Crippen LogP contribution in [0.1, 0.15) is 18.1 Å². The van der Waals surface area contributed by atoms with Gasteiger partial charge >= 0.3 is 0 Å². The Morgan fingerprint density at radius 1 is 0.733 bits per heavy atom. The zero-order chi connectivity index (χ0) is 20.3. The molecular formula is C27H27N3. The average molecular weight is 394 g/mol. The number of hydrogen-bond acceptors (Lipinski definition) is 3. The lowest BCUT2D eigenvalue weighted by Crippen LogP contribution is -2.43. The second-order valence-electron chi connectivity index (χ2n) is 8.12. The summed E-state index contributed by atoms with van der Waals surface area (Å²) in [4.78, 5) is 2.54. The molecule has 3 nitrogen and oxygen atoms in total. The molecule has 0 atom stereocenters. The van der Waals surface area contributed by atoms with E-state index in [1.807, 2.05) is 0 Å². The maximum Gasteiger partial charge on any atom is 0.0646 e. The first kappa shape index (κ1) is 18.8. The van der Waals surface area contributed by atoms with E-state index in [1.54, 1.807) is 0 Å². The van der Waals surface area contributed by atoms with E-state index in [0.717, 1.165) is 38.4 Å². The molecule has 3 heteroatoms. The van der Waals surface area contributed by atoms with Crippen LogP contribution in [0.25, 0.3) is 21.5 Å². The largest absolute Gasteiger partial charge is 0.295 e. The van der Waals surface area contributed by atoms with Crippen LogP contribution < -0.4 is 0 Å². The molecule has 0 radical (unpaired) electrons. The summed E-state index contributed by atoms with van der Waals surface area (Å²) in [7, 11) is 0. The Morgan fingerprint density at radius 2 is 1.43 bits per heavy atom. The van der Waals surface area contributed by atoms with Crippen molar-refractivity contribution in [3.05, 3.63) is 96.1 Å². The van der Waals surface area contributed by atoms with Gasteiger partial charge in [-0.3, -0.25) is 9.91 Å². The van der Waals surface area contributed by atoms with Crippen molar-refractivity contribution in [3.63, 3.8) is 0 Å². The number of nitrogens with zero attached hydrogens (tertiary/aromatic N) is 3. The van der Waals surface area contributed by atoms with Gasteiger partial charge in [-0.05, 0) is 45.7 Å². The van der Waals surface area contributed by atoms with Gasteiger partial charge in [0.15, 0.2) is 0 Å². The lowest BCUT2D eigenvalue weighted by atomic mass is 10.0.